The Bertz CT molecular complexity index is 579. The van der Waals surface area contributed by atoms with E-state index in [-0.39, 0.29) is 5.41 Å². The Balaban J connectivity index is 2.50. The second-order valence-corrected chi connectivity index (χ2v) is 5.69. The van der Waals surface area contributed by atoms with Gasteiger partial charge >= 0.3 is 0 Å². The van der Waals surface area contributed by atoms with Crippen LogP contribution in [0.2, 0.25) is 0 Å². The van der Waals surface area contributed by atoms with Crippen LogP contribution >= 0.6 is 0 Å². The summed E-state index contributed by atoms with van der Waals surface area (Å²) in [6.07, 6.45) is 0. The van der Waals surface area contributed by atoms with E-state index < -0.39 is 0 Å². The molecule has 0 aliphatic carbocycles. The van der Waals surface area contributed by atoms with Crippen LogP contribution in [0.4, 0.5) is 5.69 Å². The fourth-order valence-electron chi connectivity index (χ4n) is 1.70. The van der Waals surface area contributed by atoms with E-state index in [0.717, 1.165) is 22.4 Å². The van der Waals surface area contributed by atoms with Crippen molar-refractivity contribution in [3.63, 3.8) is 0 Å². The van der Waals surface area contributed by atoms with Crippen LogP contribution in [0.1, 0.15) is 37.8 Å². The zero-order chi connectivity index (χ0) is 13.5. The molecule has 0 radical (unpaired) electrons. The van der Waals surface area contributed by atoms with Crippen molar-refractivity contribution in [1.29, 1.82) is 0 Å². The maximum absolute atomic E-state index is 5.88. The highest BCUT2D eigenvalue weighted by molar-refractivity contribution is 5.65. The minimum Gasteiger partial charge on any atom is -0.420 e. The van der Waals surface area contributed by atoms with E-state index in [4.69, 9.17) is 10.2 Å². The van der Waals surface area contributed by atoms with Gasteiger partial charge in [-0.1, -0.05) is 20.8 Å². The number of benzene rings is 1. The fourth-order valence-corrected chi connectivity index (χ4v) is 1.70. The summed E-state index contributed by atoms with van der Waals surface area (Å²) in [5.74, 6) is 1.20. The van der Waals surface area contributed by atoms with Crippen LogP contribution in [-0.2, 0) is 5.41 Å². The van der Waals surface area contributed by atoms with Gasteiger partial charge in [0, 0.05) is 16.7 Å². The highest BCUT2D eigenvalue weighted by atomic mass is 16.4. The first kappa shape index (κ1) is 12.6. The molecule has 0 spiro atoms. The Morgan fingerprint density at radius 2 is 1.72 bits per heavy atom. The van der Waals surface area contributed by atoms with Crippen LogP contribution in [0.3, 0.4) is 0 Å². The summed E-state index contributed by atoms with van der Waals surface area (Å²) in [4.78, 5) is 0. The molecule has 0 amide bonds. The molecule has 1 aromatic heterocycles. The van der Waals surface area contributed by atoms with E-state index >= 15 is 0 Å². The molecular weight excluding hydrogens is 226 g/mol. The number of aromatic nitrogens is 2. The summed E-state index contributed by atoms with van der Waals surface area (Å²) < 4.78 is 5.75. The highest BCUT2D eigenvalue weighted by Gasteiger charge is 2.22. The first-order chi connectivity index (χ1) is 8.29. The minimum atomic E-state index is -0.137. The van der Waals surface area contributed by atoms with E-state index in [1.54, 1.807) is 0 Å². The predicted molar refractivity (Wildman–Crippen MR) is 72.3 cm³/mol. The average Bonchev–Trinajstić information content (AvgIpc) is 2.72. The summed E-state index contributed by atoms with van der Waals surface area (Å²) >= 11 is 0. The van der Waals surface area contributed by atoms with Crippen LogP contribution in [0, 0.1) is 13.8 Å². The predicted octanol–water partition coefficient (Wildman–Crippen LogP) is 3.23. The van der Waals surface area contributed by atoms with E-state index in [1.807, 2.05) is 46.8 Å². The first-order valence-electron chi connectivity index (χ1n) is 6.00. The largest absolute Gasteiger partial charge is 0.420 e. The first-order valence-corrected chi connectivity index (χ1v) is 6.00. The van der Waals surface area contributed by atoms with Gasteiger partial charge in [0.25, 0.3) is 0 Å². The van der Waals surface area contributed by atoms with Crippen molar-refractivity contribution >= 4 is 5.69 Å². The van der Waals surface area contributed by atoms with Crippen molar-refractivity contribution in [3.8, 4) is 11.5 Å². The molecule has 2 aromatic rings. The van der Waals surface area contributed by atoms with Crippen molar-refractivity contribution < 1.29 is 4.42 Å². The lowest BCUT2D eigenvalue weighted by Gasteiger charge is -2.11. The number of aryl methyl sites for hydroxylation is 2. The van der Waals surface area contributed by atoms with E-state index in [1.165, 1.54) is 0 Å². The van der Waals surface area contributed by atoms with Gasteiger partial charge in [-0.15, -0.1) is 10.2 Å². The Kier molecular flexibility index (Phi) is 2.89. The molecular formula is C14H19N3O. The molecule has 0 saturated carbocycles. The van der Waals surface area contributed by atoms with Crippen molar-refractivity contribution in [3.05, 3.63) is 29.2 Å². The van der Waals surface area contributed by atoms with Crippen LogP contribution in [-0.4, -0.2) is 10.2 Å². The third kappa shape index (κ3) is 2.23. The lowest BCUT2D eigenvalue weighted by atomic mass is 9.97. The summed E-state index contributed by atoms with van der Waals surface area (Å²) in [6, 6.07) is 3.93. The molecule has 0 fully saturated rings. The SMILES string of the molecule is Cc1cc(-c2nnc(C(C)(C)C)o2)c(C)cc1N. The highest BCUT2D eigenvalue weighted by Crippen LogP contribution is 2.29. The van der Waals surface area contributed by atoms with Crippen LogP contribution < -0.4 is 5.73 Å². The topological polar surface area (TPSA) is 64.9 Å². The van der Waals surface area contributed by atoms with Gasteiger partial charge in [-0.05, 0) is 37.1 Å². The standard InChI is InChI=1S/C14H19N3O/c1-8-7-11(15)9(2)6-10(8)12-16-17-13(18-12)14(3,4)5/h6-7H,15H2,1-5H3. The molecule has 18 heavy (non-hydrogen) atoms. The van der Waals surface area contributed by atoms with Crippen LogP contribution in [0.5, 0.6) is 0 Å². The summed E-state index contributed by atoms with van der Waals surface area (Å²) in [5, 5.41) is 8.24. The molecule has 4 nitrogen and oxygen atoms in total. The Hall–Kier alpha value is -1.84. The van der Waals surface area contributed by atoms with E-state index in [2.05, 4.69) is 10.2 Å². The van der Waals surface area contributed by atoms with Gasteiger partial charge in [0.15, 0.2) is 0 Å². The molecule has 0 bridgehead atoms. The van der Waals surface area contributed by atoms with Crippen molar-refractivity contribution in [1.82, 2.24) is 10.2 Å². The van der Waals surface area contributed by atoms with Crippen molar-refractivity contribution in [2.45, 2.75) is 40.0 Å². The molecule has 2 N–H and O–H groups in total. The zero-order valence-electron chi connectivity index (χ0n) is 11.5. The molecule has 0 unspecified atom stereocenters. The molecule has 0 aliphatic heterocycles. The Labute approximate surface area is 107 Å². The number of hydrogen-bond donors (Lipinski definition) is 1. The van der Waals surface area contributed by atoms with Gasteiger partial charge < -0.3 is 10.2 Å². The van der Waals surface area contributed by atoms with Gasteiger partial charge in [-0.2, -0.15) is 0 Å². The van der Waals surface area contributed by atoms with Gasteiger partial charge in [0.05, 0.1) is 0 Å². The zero-order valence-corrected chi connectivity index (χ0v) is 11.5. The van der Waals surface area contributed by atoms with Crippen molar-refractivity contribution in [2.75, 3.05) is 5.73 Å². The number of rotatable bonds is 1. The summed E-state index contributed by atoms with van der Waals surface area (Å²) in [7, 11) is 0. The monoisotopic (exact) mass is 245 g/mol. The molecule has 96 valence electrons. The van der Waals surface area contributed by atoms with Gasteiger partial charge in [0.1, 0.15) is 0 Å². The quantitative estimate of drug-likeness (QED) is 0.783. The molecule has 0 aliphatic rings. The second-order valence-electron chi connectivity index (χ2n) is 5.69. The third-order valence-corrected chi connectivity index (χ3v) is 2.91. The van der Waals surface area contributed by atoms with Gasteiger partial charge in [-0.25, -0.2) is 0 Å². The second kappa shape index (κ2) is 4.12. The lowest BCUT2D eigenvalue weighted by Crippen LogP contribution is -2.11. The number of nitrogen functional groups attached to an aromatic ring is 1. The Morgan fingerprint density at radius 3 is 2.28 bits per heavy atom. The smallest absolute Gasteiger partial charge is 0.248 e. The molecule has 1 heterocycles. The number of nitrogens with zero attached hydrogens (tertiary/aromatic N) is 2. The Morgan fingerprint density at radius 1 is 1.06 bits per heavy atom. The molecule has 0 saturated heterocycles. The molecule has 2 rings (SSSR count). The fraction of sp³-hybridized carbons (Fsp3) is 0.429. The number of anilines is 1. The molecule has 4 heteroatoms. The molecule has 1 aromatic carbocycles. The van der Waals surface area contributed by atoms with E-state index in [9.17, 15) is 0 Å². The maximum atomic E-state index is 5.88. The number of nitrogens with two attached hydrogens (primary N) is 1. The average molecular weight is 245 g/mol. The lowest BCUT2D eigenvalue weighted by molar-refractivity contribution is 0.399. The summed E-state index contributed by atoms with van der Waals surface area (Å²) in [5.41, 5.74) is 9.53. The normalized spacial score (nSPS) is 11.8. The third-order valence-electron chi connectivity index (χ3n) is 2.91. The van der Waals surface area contributed by atoms with Crippen LogP contribution in [0.15, 0.2) is 16.5 Å². The summed E-state index contributed by atoms with van der Waals surface area (Å²) in [6.45, 7) is 10.1. The number of hydrogen-bond acceptors (Lipinski definition) is 4. The van der Waals surface area contributed by atoms with Gasteiger partial charge in [-0.3, -0.25) is 0 Å². The minimum absolute atomic E-state index is 0.137. The van der Waals surface area contributed by atoms with Gasteiger partial charge in [0.2, 0.25) is 11.8 Å². The maximum Gasteiger partial charge on any atom is 0.248 e. The molecule has 0 atom stereocenters. The van der Waals surface area contributed by atoms with E-state index in [0.29, 0.717) is 11.8 Å². The van der Waals surface area contributed by atoms with Crippen molar-refractivity contribution in [2.24, 2.45) is 0 Å². The van der Waals surface area contributed by atoms with Crippen LogP contribution in [0.25, 0.3) is 11.5 Å².